The monoisotopic (exact) mass is 240 g/mol. The number of benzene rings is 1. The van der Waals surface area contributed by atoms with Crippen molar-refractivity contribution < 1.29 is 4.92 Å². The van der Waals surface area contributed by atoms with Crippen molar-refractivity contribution in [3.8, 4) is 6.07 Å². The maximum absolute atomic E-state index is 10.5. The maximum Gasteiger partial charge on any atom is 0.274 e. The molecule has 1 aromatic rings. The molecule has 66 valence electrons. The molecule has 0 radical (unpaired) electrons. The van der Waals surface area contributed by atoms with Crippen molar-refractivity contribution in [2.24, 2.45) is 0 Å². The molecular formula is C8H5BrN2O2. The largest absolute Gasteiger partial charge is 0.274 e. The van der Waals surface area contributed by atoms with Gasteiger partial charge in [-0.05, 0) is 6.07 Å². The van der Waals surface area contributed by atoms with Crippen LogP contribution < -0.4 is 0 Å². The van der Waals surface area contributed by atoms with E-state index in [1.807, 2.05) is 6.07 Å². The van der Waals surface area contributed by atoms with Crippen LogP contribution in [-0.4, -0.2) is 4.92 Å². The van der Waals surface area contributed by atoms with Crippen LogP contribution in [0.5, 0.6) is 0 Å². The first-order valence-corrected chi connectivity index (χ1v) is 4.25. The van der Waals surface area contributed by atoms with Crippen molar-refractivity contribution in [2.75, 3.05) is 0 Å². The van der Waals surface area contributed by atoms with E-state index in [0.29, 0.717) is 10.0 Å². The van der Waals surface area contributed by atoms with Gasteiger partial charge in [-0.3, -0.25) is 10.1 Å². The molecule has 1 rings (SSSR count). The molecule has 0 amide bonds. The van der Waals surface area contributed by atoms with Gasteiger partial charge in [0.25, 0.3) is 5.69 Å². The predicted octanol–water partition coefficient (Wildman–Crippen LogP) is 2.42. The zero-order valence-electron chi connectivity index (χ0n) is 6.53. The Morgan fingerprint density at radius 3 is 2.85 bits per heavy atom. The van der Waals surface area contributed by atoms with E-state index in [9.17, 15) is 10.1 Å². The molecule has 0 aliphatic carbocycles. The second-order valence-electron chi connectivity index (χ2n) is 2.33. The summed E-state index contributed by atoms with van der Waals surface area (Å²) in [4.78, 5) is 10.0. The van der Waals surface area contributed by atoms with E-state index in [0.717, 1.165) is 0 Å². The van der Waals surface area contributed by atoms with E-state index in [4.69, 9.17) is 5.26 Å². The lowest BCUT2D eigenvalue weighted by Crippen LogP contribution is -1.95. The lowest BCUT2D eigenvalue weighted by atomic mass is 10.1. The SMILES string of the molecule is N#CCc1c(Br)cccc1[N+](=O)[O-]. The fourth-order valence-corrected chi connectivity index (χ4v) is 1.47. The second kappa shape index (κ2) is 4.01. The Kier molecular flexibility index (Phi) is 2.98. The third-order valence-corrected chi connectivity index (χ3v) is 2.29. The standard InChI is InChI=1S/C8H5BrN2O2/c9-7-2-1-3-8(11(12)13)6(7)4-5-10/h1-3H,4H2. The van der Waals surface area contributed by atoms with Crippen LogP contribution in [0.15, 0.2) is 22.7 Å². The smallest absolute Gasteiger partial charge is 0.258 e. The average Bonchev–Trinajstić information content (AvgIpc) is 2.08. The Morgan fingerprint density at radius 1 is 1.62 bits per heavy atom. The normalized spacial score (nSPS) is 9.23. The molecule has 1 aromatic carbocycles. The van der Waals surface area contributed by atoms with Crippen LogP contribution >= 0.6 is 15.9 Å². The molecule has 0 saturated heterocycles. The van der Waals surface area contributed by atoms with E-state index < -0.39 is 4.92 Å². The summed E-state index contributed by atoms with van der Waals surface area (Å²) in [5, 5.41) is 19.0. The molecule has 0 unspecified atom stereocenters. The minimum absolute atomic E-state index is 0.0177. The van der Waals surface area contributed by atoms with Gasteiger partial charge in [0, 0.05) is 10.5 Å². The van der Waals surface area contributed by atoms with Crippen LogP contribution in [-0.2, 0) is 6.42 Å². The van der Waals surface area contributed by atoms with Crippen LogP contribution in [0.2, 0.25) is 0 Å². The van der Waals surface area contributed by atoms with E-state index >= 15 is 0 Å². The molecular weight excluding hydrogens is 236 g/mol. The molecule has 0 bridgehead atoms. The van der Waals surface area contributed by atoms with Crippen molar-refractivity contribution in [3.05, 3.63) is 38.3 Å². The number of nitriles is 1. The zero-order valence-corrected chi connectivity index (χ0v) is 8.11. The highest BCUT2D eigenvalue weighted by atomic mass is 79.9. The summed E-state index contributed by atoms with van der Waals surface area (Å²) in [6, 6.07) is 6.52. The number of hydrogen-bond acceptors (Lipinski definition) is 3. The highest BCUT2D eigenvalue weighted by Crippen LogP contribution is 2.26. The van der Waals surface area contributed by atoms with Crippen molar-refractivity contribution in [3.63, 3.8) is 0 Å². The molecule has 0 spiro atoms. The van der Waals surface area contributed by atoms with Crippen molar-refractivity contribution in [1.29, 1.82) is 5.26 Å². The van der Waals surface area contributed by atoms with Crippen molar-refractivity contribution in [2.45, 2.75) is 6.42 Å². The van der Waals surface area contributed by atoms with Gasteiger partial charge >= 0.3 is 0 Å². The third-order valence-electron chi connectivity index (χ3n) is 1.55. The molecule has 0 atom stereocenters. The van der Waals surface area contributed by atoms with Gasteiger partial charge in [-0.2, -0.15) is 5.26 Å². The van der Waals surface area contributed by atoms with Crippen LogP contribution in [0, 0.1) is 21.4 Å². The molecule has 0 fully saturated rings. The van der Waals surface area contributed by atoms with Crippen molar-refractivity contribution >= 4 is 21.6 Å². The van der Waals surface area contributed by atoms with E-state index in [1.165, 1.54) is 6.07 Å². The van der Waals surface area contributed by atoms with Gasteiger partial charge in [-0.25, -0.2) is 0 Å². The van der Waals surface area contributed by atoms with Gasteiger partial charge in [0.1, 0.15) is 0 Å². The predicted molar refractivity (Wildman–Crippen MR) is 50.1 cm³/mol. The summed E-state index contributed by atoms with van der Waals surface area (Å²) >= 11 is 3.16. The number of rotatable bonds is 2. The molecule has 0 aliphatic rings. The molecule has 0 aliphatic heterocycles. The van der Waals surface area contributed by atoms with Crippen LogP contribution in [0.1, 0.15) is 5.56 Å². The van der Waals surface area contributed by atoms with Gasteiger partial charge in [0.05, 0.1) is 23.0 Å². The average molecular weight is 241 g/mol. The molecule has 0 saturated carbocycles. The summed E-state index contributed by atoms with van der Waals surface area (Å²) in [6.07, 6.45) is 0.0394. The van der Waals surface area contributed by atoms with E-state index in [2.05, 4.69) is 15.9 Å². The molecule has 0 aromatic heterocycles. The highest BCUT2D eigenvalue weighted by Gasteiger charge is 2.15. The molecule has 5 heteroatoms. The van der Waals surface area contributed by atoms with Crippen molar-refractivity contribution in [1.82, 2.24) is 0 Å². The van der Waals surface area contributed by atoms with Gasteiger partial charge < -0.3 is 0 Å². The fourth-order valence-electron chi connectivity index (χ4n) is 0.972. The lowest BCUT2D eigenvalue weighted by Gasteiger charge is -1.99. The number of hydrogen-bond donors (Lipinski definition) is 0. The van der Waals surface area contributed by atoms with Crippen LogP contribution in [0.4, 0.5) is 5.69 Å². The van der Waals surface area contributed by atoms with Gasteiger partial charge in [0.15, 0.2) is 0 Å². The molecule has 0 N–H and O–H groups in total. The number of nitro groups is 1. The second-order valence-corrected chi connectivity index (χ2v) is 3.18. The first kappa shape index (κ1) is 9.68. The van der Waals surface area contributed by atoms with Gasteiger partial charge in [0.2, 0.25) is 0 Å². The first-order valence-electron chi connectivity index (χ1n) is 3.45. The van der Waals surface area contributed by atoms with Crippen LogP contribution in [0.25, 0.3) is 0 Å². The number of nitro benzene ring substituents is 1. The van der Waals surface area contributed by atoms with Gasteiger partial charge in [-0.15, -0.1) is 0 Å². The summed E-state index contributed by atoms with van der Waals surface area (Å²) in [7, 11) is 0. The Bertz CT molecular complexity index is 384. The summed E-state index contributed by atoms with van der Waals surface area (Å²) in [5.74, 6) is 0. The number of halogens is 1. The Labute approximate surface area is 83.1 Å². The minimum atomic E-state index is -0.489. The summed E-state index contributed by atoms with van der Waals surface area (Å²) in [5.41, 5.74) is 0.408. The first-order chi connectivity index (χ1) is 6.16. The lowest BCUT2D eigenvalue weighted by molar-refractivity contribution is -0.385. The van der Waals surface area contributed by atoms with E-state index in [1.54, 1.807) is 12.1 Å². The summed E-state index contributed by atoms with van der Waals surface area (Å²) < 4.78 is 0.600. The van der Waals surface area contributed by atoms with Crippen LogP contribution in [0.3, 0.4) is 0 Å². The Hall–Kier alpha value is -1.41. The Balaban J connectivity index is 3.27. The molecule has 4 nitrogen and oxygen atoms in total. The highest BCUT2D eigenvalue weighted by molar-refractivity contribution is 9.10. The Morgan fingerprint density at radius 2 is 2.31 bits per heavy atom. The maximum atomic E-state index is 10.5. The third kappa shape index (κ3) is 2.04. The fraction of sp³-hybridized carbons (Fsp3) is 0.125. The molecule has 0 heterocycles. The quantitative estimate of drug-likeness (QED) is 0.589. The molecule has 13 heavy (non-hydrogen) atoms. The topological polar surface area (TPSA) is 66.9 Å². The minimum Gasteiger partial charge on any atom is -0.258 e. The summed E-state index contributed by atoms with van der Waals surface area (Å²) in [6.45, 7) is 0. The number of nitrogens with zero attached hydrogens (tertiary/aromatic N) is 2. The van der Waals surface area contributed by atoms with Gasteiger partial charge in [-0.1, -0.05) is 22.0 Å². The zero-order chi connectivity index (χ0) is 9.84. The van der Waals surface area contributed by atoms with E-state index in [-0.39, 0.29) is 12.1 Å².